The molecular formula is C10H18O2S. The van der Waals surface area contributed by atoms with Crippen molar-refractivity contribution in [2.75, 3.05) is 6.26 Å². The second-order valence-electron chi connectivity index (χ2n) is 3.98. The maximum Gasteiger partial charge on any atom is 0.367 e. The number of carbonyl (C=O) groups excluding carboxylic acids is 1. The first kappa shape index (κ1) is 10.9. The Morgan fingerprint density at radius 3 is 2.31 bits per heavy atom. The van der Waals surface area contributed by atoms with Gasteiger partial charge in [0.15, 0.2) is 0 Å². The summed E-state index contributed by atoms with van der Waals surface area (Å²) in [6.07, 6.45) is 6.24. The van der Waals surface area contributed by atoms with Gasteiger partial charge in [0.1, 0.15) is 5.60 Å². The van der Waals surface area contributed by atoms with E-state index in [0.717, 1.165) is 12.8 Å². The van der Waals surface area contributed by atoms with Gasteiger partial charge in [-0.3, -0.25) is 0 Å². The molecule has 0 heterocycles. The van der Waals surface area contributed by atoms with E-state index in [2.05, 4.69) is 13.8 Å². The van der Waals surface area contributed by atoms with E-state index in [1.54, 1.807) is 6.26 Å². The van der Waals surface area contributed by atoms with Crippen molar-refractivity contribution in [2.24, 2.45) is 5.92 Å². The minimum absolute atomic E-state index is 0.129. The molecule has 0 spiro atoms. The average Bonchev–Trinajstić information content (AvgIpc) is 2.54. The zero-order valence-electron chi connectivity index (χ0n) is 8.63. The van der Waals surface area contributed by atoms with Crippen LogP contribution >= 0.6 is 11.8 Å². The molecule has 0 amide bonds. The molecule has 0 unspecified atom stereocenters. The van der Waals surface area contributed by atoms with Crippen molar-refractivity contribution in [1.82, 2.24) is 0 Å². The van der Waals surface area contributed by atoms with E-state index in [0.29, 0.717) is 5.92 Å². The Bertz CT molecular complexity index is 183. The van der Waals surface area contributed by atoms with Crippen LogP contribution in [0.3, 0.4) is 0 Å². The fourth-order valence-electron chi connectivity index (χ4n) is 1.98. The average molecular weight is 202 g/mol. The lowest BCUT2D eigenvalue weighted by Crippen LogP contribution is -2.36. The van der Waals surface area contributed by atoms with Gasteiger partial charge in [-0.2, -0.15) is 0 Å². The van der Waals surface area contributed by atoms with Crippen LogP contribution < -0.4 is 0 Å². The summed E-state index contributed by atoms with van der Waals surface area (Å²) in [6, 6.07) is 0. The molecule has 76 valence electrons. The third-order valence-electron chi connectivity index (χ3n) is 2.96. The highest BCUT2D eigenvalue weighted by Gasteiger charge is 2.40. The van der Waals surface area contributed by atoms with Crippen LogP contribution in [0.4, 0.5) is 4.79 Å². The second-order valence-corrected chi connectivity index (χ2v) is 4.72. The molecule has 0 N–H and O–H groups in total. The zero-order valence-corrected chi connectivity index (χ0v) is 9.45. The van der Waals surface area contributed by atoms with Crippen LogP contribution in [-0.4, -0.2) is 17.2 Å². The molecule has 0 aromatic carbocycles. The van der Waals surface area contributed by atoms with E-state index >= 15 is 0 Å². The summed E-state index contributed by atoms with van der Waals surface area (Å²) in [6.45, 7) is 4.28. The maximum absolute atomic E-state index is 11.2. The van der Waals surface area contributed by atoms with Crippen LogP contribution in [0.15, 0.2) is 0 Å². The molecule has 1 saturated carbocycles. The van der Waals surface area contributed by atoms with Crippen molar-refractivity contribution in [2.45, 2.75) is 45.1 Å². The lowest BCUT2D eigenvalue weighted by Gasteiger charge is -2.32. The molecule has 0 bridgehead atoms. The molecular weight excluding hydrogens is 184 g/mol. The van der Waals surface area contributed by atoms with Gasteiger partial charge in [-0.25, -0.2) is 4.79 Å². The molecule has 0 aromatic heterocycles. The van der Waals surface area contributed by atoms with Crippen LogP contribution in [0.2, 0.25) is 0 Å². The third kappa shape index (κ3) is 2.39. The number of carbonyl (C=O) groups is 1. The summed E-state index contributed by atoms with van der Waals surface area (Å²) in [5, 5.41) is -0.129. The standard InChI is InChI=1S/C10H18O2S/c1-8(2)10(6-4-5-7-10)12-9(11)13-3/h8H,4-7H2,1-3H3. The maximum atomic E-state index is 11.2. The Morgan fingerprint density at radius 1 is 1.38 bits per heavy atom. The molecule has 1 aliphatic carbocycles. The number of hydrogen-bond acceptors (Lipinski definition) is 3. The first-order valence-electron chi connectivity index (χ1n) is 4.88. The monoisotopic (exact) mass is 202 g/mol. The fourth-order valence-corrected chi connectivity index (χ4v) is 2.23. The molecule has 0 aromatic rings. The van der Waals surface area contributed by atoms with Gasteiger partial charge in [0, 0.05) is 0 Å². The lowest BCUT2D eigenvalue weighted by atomic mass is 9.89. The summed E-state index contributed by atoms with van der Waals surface area (Å²) in [7, 11) is 0. The van der Waals surface area contributed by atoms with Gasteiger partial charge in [-0.05, 0) is 49.6 Å². The quantitative estimate of drug-likeness (QED) is 0.641. The van der Waals surface area contributed by atoms with E-state index < -0.39 is 0 Å². The van der Waals surface area contributed by atoms with Crippen molar-refractivity contribution >= 4 is 17.1 Å². The first-order chi connectivity index (χ1) is 6.10. The Morgan fingerprint density at radius 2 is 1.92 bits per heavy atom. The highest BCUT2D eigenvalue weighted by atomic mass is 32.2. The topological polar surface area (TPSA) is 26.3 Å². The molecule has 0 aliphatic heterocycles. The Hall–Kier alpha value is -0.180. The molecule has 2 nitrogen and oxygen atoms in total. The summed E-state index contributed by atoms with van der Waals surface area (Å²) in [5.41, 5.74) is -0.153. The first-order valence-corrected chi connectivity index (χ1v) is 6.10. The Kier molecular flexibility index (Phi) is 3.65. The van der Waals surface area contributed by atoms with Gasteiger partial charge in [0.25, 0.3) is 0 Å². The predicted octanol–water partition coefficient (Wildman–Crippen LogP) is 3.45. The zero-order chi connectivity index (χ0) is 9.90. The Labute approximate surface area is 84.4 Å². The molecule has 13 heavy (non-hydrogen) atoms. The van der Waals surface area contributed by atoms with E-state index in [1.165, 1.54) is 24.6 Å². The summed E-state index contributed by atoms with van der Waals surface area (Å²) >= 11 is 1.17. The van der Waals surface area contributed by atoms with Crippen molar-refractivity contribution in [3.63, 3.8) is 0 Å². The number of thioether (sulfide) groups is 1. The summed E-state index contributed by atoms with van der Waals surface area (Å²) in [4.78, 5) is 11.2. The molecule has 3 heteroatoms. The van der Waals surface area contributed by atoms with E-state index in [-0.39, 0.29) is 10.9 Å². The molecule has 0 saturated heterocycles. The van der Waals surface area contributed by atoms with Crippen LogP contribution in [-0.2, 0) is 4.74 Å². The van der Waals surface area contributed by atoms with Crippen LogP contribution in [0.5, 0.6) is 0 Å². The third-order valence-corrected chi connectivity index (χ3v) is 3.37. The van der Waals surface area contributed by atoms with Gasteiger partial charge in [0.05, 0.1) is 0 Å². The van der Waals surface area contributed by atoms with E-state index in [4.69, 9.17) is 4.74 Å². The lowest BCUT2D eigenvalue weighted by molar-refractivity contribution is -0.00464. The van der Waals surface area contributed by atoms with Gasteiger partial charge < -0.3 is 4.74 Å². The van der Waals surface area contributed by atoms with Crippen LogP contribution in [0.1, 0.15) is 39.5 Å². The smallest absolute Gasteiger partial charge is 0.367 e. The molecule has 1 fully saturated rings. The number of rotatable bonds is 2. The van der Waals surface area contributed by atoms with Crippen molar-refractivity contribution in [3.05, 3.63) is 0 Å². The molecule has 1 aliphatic rings. The van der Waals surface area contributed by atoms with Crippen molar-refractivity contribution in [3.8, 4) is 0 Å². The minimum atomic E-state index is -0.153. The van der Waals surface area contributed by atoms with Crippen LogP contribution in [0, 0.1) is 5.92 Å². The SMILES string of the molecule is CSC(=O)OC1(C(C)C)CCCC1. The van der Waals surface area contributed by atoms with Gasteiger partial charge in [-0.15, -0.1) is 0 Å². The van der Waals surface area contributed by atoms with Crippen LogP contribution in [0.25, 0.3) is 0 Å². The van der Waals surface area contributed by atoms with Gasteiger partial charge in [0.2, 0.25) is 0 Å². The Balaban J connectivity index is 2.62. The van der Waals surface area contributed by atoms with Crippen molar-refractivity contribution < 1.29 is 9.53 Å². The van der Waals surface area contributed by atoms with E-state index in [9.17, 15) is 4.79 Å². The summed E-state index contributed by atoms with van der Waals surface area (Å²) in [5.74, 6) is 0.436. The number of ether oxygens (including phenoxy) is 1. The van der Waals surface area contributed by atoms with Crippen molar-refractivity contribution in [1.29, 1.82) is 0 Å². The second kappa shape index (κ2) is 4.36. The highest BCUT2D eigenvalue weighted by molar-refractivity contribution is 8.12. The van der Waals surface area contributed by atoms with Gasteiger partial charge in [-0.1, -0.05) is 13.8 Å². The fraction of sp³-hybridized carbons (Fsp3) is 0.900. The minimum Gasteiger partial charge on any atom is -0.451 e. The number of hydrogen-bond donors (Lipinski definition) is 0. The normalized spacial score (nSPS) is 20.6. The molecule has 1 rings (SSSR count). The van der Waals surface area contributed by atoms with E-state index in [1.807, 2.05) is 0 Å². The van der Waals surface area contributed by atoms with Gasteiger partial charge >= 0.3 is 5.30 Å². The molecule has 0 radical (unpaired) electrons. The predicted molar refractivity (Wildman–Crippen MR) is 56.0 cm³/mol. The molecule has 0 atom stereocenters. The highest BCUT2D eigenvalue weighted by Crippen LogP contribution is 2.40. The summed E-state index contributed by atoms with van der Waals surface area (Å²) < 4.78 is 5.53. The largest absolute Gasteiger partial charge is 0.451 e.